The highest BCUT2D eigenvalue weighted by Gasteiger charge is 2.32. The van der Waals surface area contributed by atoms with Crippen molar-refractivity contribution in [1.29, 1.82) is 0 Å². The molecule has 1 amide bonds. The molecule has 1 N–H and O–H groups in total. The van der Waals surface area contributed by atoms with Gasteiger partial charge in [0, 0.05) is 24.4 Å². The molecule has 0 aliphatic heterocycles. The number of anilines is 1. The highest BCUT2D eigenvalue weighted by Crippen LogP contribution is 2.41. The molecular weight excluding hydrogens is 284 g/mol. The number of aromatic nitrogens is 5. The quantitative estimate of drug-likeness (QED) is 0.788. The number of rotatable bonds is 4. The Labute approximate surface area is 125 Å². The summed E-state index contributed by atoms with van der Waals surface area (Å²) in [7, 11) is 0. The van der Waals surface area contributed by atoms with E-state index in [4.69, 9.17) is 4.42 Å². The molecule has 1 aliphatic rings. The van der Waals surface area contributed by atoms with Crippen molar-refractivity contribution >= 4 is 11.7 Å². The second-order valence-corrected chi connectivity index (χ2v) is 4.97. The second-order valence-electron chi connectivity index (χ2n) is 4.97. The van der Waals surface area contributed by atoms with Gasteiger partial charge < -0.3 is 9.73 Å². The lowest BCUT2D eigenvalue weighted by atomic mass is 10.2. The summed E-state index contributed by atoms with van der Waals surface area (Å²) in [6, 6.07) is 3.38. The Kier molecular flexibility index (Phi) is 2.92. The number of carbonyl (C=O) groups excluding carboxylic acids is 1. The molecular formula is C14H12N6O2. The standard InChI is InChI=1S/C14H12N6O2/c21-13(11-12(9-2-3-9)22-8-17-11)19-10-4-7-18-20(10)14-15-5-1-6-16-14/h1,4-9H,2-3H2,(H,19,21). The van der Waals surface area contributed by atoms with Crippen LogP contribution in [0.4, 0.5) is 5.82 Å². The van der Waals surface area contributed by atoms with E-state index in [0.29, 0.717) is 29.1 Å². The molecule has 0 radical (unpaired) electrons. The third kappa shape index (κ3) is 2.24. The van der Waals surface area contributed by atoms with E-state index in [2.05, 4.69) is 25.4 Å². The molecule has 3 aromatic rings. The molecule has 1 fully saturated rings. The number of nitrogens with one attached hydrogen (secondary N) is 1. The molecule has 0 unspecified atom stereocenters. The van der Waals surface area contributed by atoms with Crippen LogP contribution in [-0.2, 0) is 0 Å². The van der Waals surface area contributed by atoms with Gasteiger partial charge >= 0.3 is 0 Å². The summed E-state index contributed by atoms with van der Waals surface area (Å²) in [6.45, 7) is 0. The molecule has 0 bridgehead atoms. The summed E-state index contributed by atoms with van der Waals surface area (Å²) in [5.41, 5.74) is 0.323. The molecule has 3 heterocycles. The minimum Gasteiger partial charge on any atom is -0.447 e. The molecule has 0 atom stereocenters. The molecule has 8 nitrogen and oxygen atoms in total. The fraction of sp³-hybridized carbons (Fsp3) is 0.214. The van der Waals surface area contributed by atoms with Crippen molar-refractivity contribution in [1.82, 2.24) is 24.7 Å². The van der Waals surface area contributed by atoms with Crippen LogP contribution in [-0.4, -0.2) is 30.6 Å². The van der Waals surface area contributed by atoms with Gasteiger partial charge in [0.25, 0.3) is 11.9 Å². The monoisotopic (exact) mass is 296 g/mol. The average Bonchev–Trinajstić information content (AvgIpc) is 3.10. The lowest BCUT2D eigenvalue weighted by Gasteiger charge is -2.06. The maximum atomic E-state index is 12.4. The zero-order valence-corrected chi connectivity index (χ0v) is 11.5. The molecule has 3 aromatic heterocycles. The normalized spacial score (nSPS) is 14.0. The zero-order chi connectivity index (χ0) is 14.9. The SMILES string of the molecule is O=C(Nc1ccnn1-c1ncccn1)c1ncoc1C1CC1. The predicted octanol–water partition coefficient (Wildman–Crippen LogP) is 1.78. The zero-order valence-electron chi connectivity index (χ0n) is 11.5. The maximum Gasteiger partial charge on any atom is 0.279 e. The number of carbonyl (C=O) groups is 1. The van der Waals surface area contributed by atoms with Gasteiger partial charge in [-0.1, -0.05) is 0 Å². The van der Waals surface area contributed by atoms with E-state index < -0.39 is 0 Å². The van der Waals surface area contributed by atoms with E-state index in [0.717, 1.165) is 12.8 Å². The number of nitrogens with zero attached hydrogens (tertiary/aromatic N) is 5. The van der Waals surface area contributed by atoms with Crippen LogP contribution in [0.1, 0.15) is 35.0 Å². The van der Waals surface area contributed by atoms with Crippen molar-refractivity contribution in [3.05, 3.63) is 48.6 Å². The summed E-state index contributed by atoms with van der Waals surface area (Å²) in [5, 5.41) is 6.90. The summed E-state index contributed by atoms with van der Waals surface area (Å²) in [6.07, 6.45) is 8.16. The van der Waals surface area contributed by atoms with Crippen LogP contribution in [0.3, 0.4) is 0 Å². The summed E-state index contributed by atoms with van der Waals surface area (Å²) >= 11 is 0. The fourth-order valence-corrected chi connectivity index (χ4v) is 2.19. The minimum absolute atomic E-state index is 0.311. The van der Waals surface area contributed by atoms with Crippen LogP contribution in [0.2, 0.25) is 0 Å². The van der Waals surface area contributed by atoms with Gasteiger partial charge in [-0.2, -0.15) is 9.78 Å². The molecule has 4 rings (SSSR count). The number of hydrogen-bond donors (Lipinski definition) is 1. The van der Waals surface area contributed by atoms with Crippen LogP contribution in [0.25, 0.3) is 5.95 Å². The lowest BCUT2D eigenvalue weighted by molar-refractivity contribution is 0.102. The van der Waals surface area contributed by atoms with Crippen LogP contribution < -0.4 is 5.32 Å². The predicted molar refractivity (Wildman–Crippen MR) is 75.6 cm³/mol. The Hall–Kier alpha value is -3.03. The molecule has 110 valence electrons. The number of hydrogen-bond acceptors (Lipinski definition) is 6. The van der Waals surface area contributed by atoms with Gasteiger partial charge in [0.05, 0.1) is 6.20 Å². The minimum atomic E-state index is -0.326. The van der Waals surface area contributed by atoms with Gasteiger partial charge in [-0.05, 0) is 18.9 Å². The highest BCUT2D eigenvalue weighted by molar-refractivity contribution is 6.03. The van der Waals surface area contributed by atoms with Gasteiger partial charge in [-0.15, -0.1) is 0 Å². The van der Waals surface area contributed by atoms with Gasteiger partial charge in [0.2, 0.25) is 0 Å². The van der Waals surface area contributed by atoms with Crippen molar-refractivity contribution in [2.24, 2.45) is 0 Å². The van der Waals surface area contributed by atoms with Crippen molar-refractivity contribution in [2.45, 2.75) is 18.8 Å². The van der Waals surface area contributed by atoms with Crippen LogP contribution in [0.5, 0.6) is 0 Å². The van der Waals surface area contributed by atoms with Crippen molar-refractivity contribution in [3.63, 3.8) is 0 Å². The first kappa shape index (κ1) is 12.7. The van der Waals surface area contributed by atoms with Crippen molar-refractivity contribution in [2.75, 3.05) is 5.32 Å². The second kappa shape index (κ2) is 5.06. The van der Waals surface area contributed by atoms with E-state index in [1.807, 2.05) is 0 Å². The van der Waals surface area contributed by atoms with Gasteiger partial charge in [-0.3, -0.25) is 4.79 Å². The fourth-order valence-electron chi connectivity index (χ4n) is 2.19. The third-order valence-electron chi connectivity index (χ3n) is 3.38. The van der Waals surface area contributed by atoms with E-state index >= 15 is 0 Å². The maximum absolute atomic E-state index is 12.4. The first-order valence-corrected chi connectivity index (χ1v) is 6.89. The molecule has 8 heteroatoms. The third-order valence-corrected chi connectivity index (χ3v) is 3.38. The molecule has 22 heavy (non-hydrogen) atoms. The number of amides is 1. The Morgan fingerprint density at radius 1 is 1.23 bits per heavy atom. The highest BCUT2D eigenvalue weighted by atomic mass is 16.3. The van der Waals surface area contributed by atoms with Crippen LogP contribution in [0, 0.1) is 0 Å². The van der Waals surface area contributed by atoms with E-state index in [1.165, 1.54) is 11.1 Å². The smallest absolute Gasteiger partial charge is 0.279 e. The van der Waals surface area contributed by atoms with E-state index in [-0.39, 0.29) is 5.91 Å². The van der Waals surface area contributed by atoms with Gasteiger partial charge in [-0.25, -0.2) is 15.0 Å². The first-order chi connectivity index (χ1) is 10.8. The van der Waals surface area contributed by atoms with Crippen LogP contribution >= 0.6 is 0 Å². The average molecular weight is 296 g/mol. The largest absolute Gasteiger partial charge is 0.447 e. The molecule has 1 aliphatic carbocycles. The van der Waals surface area contributed by atoms with Gasteiger partial charge in [0.15, 0.2) is 12.1 Å². The molecule has 1 saturated carbocycles. The van der Waals surface area contributed by atoms with E-state index in [9.17, 15) is 4.79 Å². The topological polar surface area (TPSA) is 98.7 Å². The summed E-state index contributed by atoms with van der Waals surface area (Å²) < 4.78 is 6.78. The molecule has 0 aromatic carbocycles. The van der Waals surface area contributed by atoms with Crippen LogP contribution in [0.15, 0.2) is 41.5 Å². The Morgan fingerprint density at radius 2 is 2.05 bits per heavy atom. The Balaban J connectivity index is 1.60. The summed E-state index contributed by atoms with van der Waals surface area (Å²) in [4.78, 5) is 24.6. The van der Waals surface area contributed by atoms with Crippen molar-refractivity contribution < 1.29 is 9.21 Å². The Bertz CT molecular complexity index is 806. The summed E-state index contributed by atoms with van der Waals surface area (Å²) in [5.74, 6) is 1.49. The van der Waals surface area contributed by atoms with Crippen molar-refractivity contribution in [3.8, 4) is 5.95 Å². The lowest BCUT2D eigenvalue weighted by Crippen LogP contribution is -2.17. The van der Waals surface area contributed by atoms with Gasteiger partial charge in [0.1, 0.15) is 11.6 Å². The molecule has 0 saturated heterocycles. The number of oxazole rings is 1. The first-order valence-electron chi connectivity index (χ1n) is 6.89. The Morgan fingerprint density at radius 3 is 2.82 bits per heavy atom. The molecule has 0 spiro atoms. The van der Waals surface area contributed by atoms with E-state index in [1.54, 1.807) is 30.7 Å².